The van der Waals surface area contributed by atoms with Gasteiger partial charge in [0.1, 0.15) is 12.3 Å². The number of nitrogens with zero attached hydrogens (tertiary/aromatic N) is 1. The van der Waals surface area contributed by atoms with Gasteiger partial charge >= 0.3 is 16.9 Å². The maximum Gasteiger partial charge on any atom is 0.357 e. The van der Waals surface area contributed by atoms with Crippen molar-refractivity contribution in [3.8, 4) is 11.5 Å². The highest BCUT2D eigenvalue weighted by molar-refractivity contribution is 14.1. The summed E-state index contributed by atoms with van der Waals surface area (Å²) in [4.78, 5) is 37.6. The maximum atomic E-state index is 11.7. The van der Waals surface area contributed by atoms with Crippen LogP contribution < -0.4 is 20.7 Å². The van der Waals surface area contributed by atoms with Gasteiger partial charge in [0, 0.05) is 5.02 Å². The number of hydrogen-bond donors (Lipinski definition) is 2. The van der Waals surface area contributed by atoms with Crippen LogP contribution in [0.25, 0.3) is 12.2 Å². The summed E-state index contributed by atoms with van der Waals surface area (Å²) in [5.41, 5.74) is -1.33. The Bertz CT molecular complexity index is 1270. The number of nitro groups is 1. The second-order valence-corrected chi connectivity index (χ2v) is 7.81. The second-order valence-electron chi connectivity index (χ2n) is 6.21. The van der Waals surface area contributed by atoms with Crippen molar-refractivity contribution in [1.82, 2.24) is 9.97 Å². The fraction of sp³-hybridized carbons (Fsp3) is 0.100. The number of ether oxygens (including phenoxy) is 2. The van der Waals surface area contributed by atoms with Crippen LogP contribution in [0.2, 0.25) is 5.02 Å². The molecule has 9 nitrogen and oxygen atoms in total. The Morgan fingerprint density at radius 1 is 1.16 bits per heavy atom. The zero-order valence-electron chi connectivity index (χ0n) is 16.0. The number of hydrogen-bond acceptors (Lipinski definition) is 6. The van der Waals surface area contributed by atoms with Gasteiger partial charge in [0.05, 0.1) is 15.6 Å². The van der Waals surface area contributed by atoms with E-state index in [1.54, 1.807) is 24.3 Å². The van der Waals surface area contributed by atoms with Gasteiger partial charge in [-0.1, -0.05) is 29.8 Å². The minimum Gasteiger partial charge on any atom is -0.493 e. The SMILES string of the molecule is COc1cc(/C=C\c2[nH]c(=O)[nH]c(=O)c2[N+](=O)[O-])cc(I)c1OCc1ccc(Cl)cc1. The number of aromatic nitrogens is 2. The Balaban J connectivity index is 1.90. The van der Waals surface area contributed by atoms with Gasteiger partial charge < -0.3 is 14.5 Å². The lowest BCUT2D eigenvalue weighted by Gasteiger charge is -2.14. The summed E-state index contributed by atoms with van der Waals surface area (Å²) in [5.74, 6) is 0.986. The molecule has 0 atom stereocenters. The molecule has 0 fully saturated rings. The molecule has 0 unspecified atom stereocenters. The molecular weight excluding hydrogens is 541 g/mol. The van der Waals surface area contributed by atoms with E-state index in [0.29, 0.717) is 28.7 Å². The van der Waals surface area contributed by atoms with Crippen LogP contribution >= 0.6 is 34.2 Å². The highest BCUT2D eigenvalue weighted by atomic mass is 127. The van der Waals surface area contributed by atoms with E-state index in [1.165, 1.54) is 19.3 Å². The Labute approximate surface area is 194 Å². The van der Waals surface area contributed by atoms with Crippen LogP contribution in [-0.4, -0.2) is 22.0 Å². The molecule has 0 amide bonds. The third-order valence-corrected chi connectivity index (χ3v) is 5.17. The highest BCUT2D eigenvalue weighted by Gasteiger charge is 2.19. The largest absolute Gasteiger partial charge is 0.493 e. The van der Waals surface area contributed by atoms with Crippen molar-refractivity contribution in [2.75, 3.05) is 7.11 Å². The zero-order chi connectivity index (χ0) is 22.5. The molecule has 0 bridgehead atoms. The average molecular weight is 556 g/mol. The van der Waals surface area contributed by atoms with Crippen LogP contribution in [0, 0.1) is 13.7 Å². The first-order valence-corrected chi connectivity index (χ1v) is 10.2. The van der Waals surface area contributed by atoms with Crippen molar-refractivity contribution in [3.63, 3.8) is 0 Å². The van der Waals surface area contributed by atoms with E-state index in [1.807, 2.05) is 17.1 Å². The van der Waals surface area contributed by atoms with E-state index < -0.39 is 21.9 Å². The molecule has 3 aromatic rings. The summed E-state index contributed by atoms with van der Waals surface area (Å²) in [5, 5.41) is 11.8. The predicted molar refractivity (Wildman–Crippen MR) is 125 cm³/mol. The molecule has 1 heterocycles. The Kier molecular flexibility index (Phi) is 7.13. The van der Waals surface area contributed by atoms with Crippen molar-refractivity contribution in [3.05, 3.63) is 92.8 Å². The van der Waals surface area contributed by atoms with E-state index in [2.05, 4.69) is 27.6 Å². The summed E-state index contributed by atoms with van der Waals surface area (Å²) < 4.78 is 12.1. The van der Waals surface area contributed by atoms with E-state index >= 15 is 0 Å². The monoisotopic (exact) mass is 555 g/mol. The molecule has 3 rings (SSSR count). The first-order chi connectivity index (χ1) is 14.8. The van der Waals surface area contributed by atoms with Gasteiger partial charge in [-0.05, 0) is 64.1 Å². The van der Waals surface area contributed by atoms with Crippen molar-refractivity contribution < 1.29 is 14.4 Å². The van der Waals surface area contributed by atoms with Crippen molar-refractivity contribution in [2.24, 2.45) is 0 Å². The molecule has 1 aromatic heterocycles. The van der Waals surface area contributed by atoms with Crippen LogP contribution in [0.4, 0.5) is 5.69 Å². The molecule has 0 aliphatic carbocycles. The summed E-state index contributed by atoms with van der Waals surface area (Å²) in [6, 6.07) is 10.7. The Hall–Kier alpha value is -3.12. The van der Waals surface area contributed by atoms with Crippen molar-refractivity contribution >= 4 is 52.0 Å². The smallest absolute Gasteiger partial charge is 0.357 e. The number of halogens is 2. The van der Waals surface area contributed by atoms with Gasteiger partial charge in [0.2, 0.25) is 0 Å². The normalized spacial score (nSPS) is 10.9. The molecule has 0 saturated heterocycles. The molecule has 2 aromatic carbocycles. The van der Waals surface area contributed by atoms with Gasteiger partial charge in [-0.2, -0.15) is 0 Å². The summed E-state index contributed by atoms with van der Waals surface area (Å²) in [6.07, 6.45) is 2.80. The van der Waals surface area contributed by atoms with E-state index in [4.69, 9.17) is 21.1 Å². The number of benzene rings is 2. The molecule has 0 saturated carbocycles. The second kappa shape index (κ2) is 9.79. The number of aromatic amines is 2. The lowest BCUT2D eigenvalue weighted by atomic mass is 10.1. The van der Waals surface area contributed by atoms with Crippen LogP contribution in [-0.2, 0) is 6.61 Å². The number of methoxy groups -OCH3 is 1. The van der Waals surface area contributed by atoms with Crippen LogP contribution in [0.3, 0.4) is 0 Å². The third kappa shape index (κ3) is 5.52. The number of rotatable bonds is 7. The van der Waals surface area contributed by atoms with Gasteiger partial charge in [-0.3, -0.25) is 19.9 Å². The van der Waals surface area contributed by atoms with Gasteiger partial charge in [0.15, 0.2) is 11.5 Å². The zero-order valence-corrected chi connectivity index (χ0v) is 18.9. The Morgan fingerprint density at radius 3 is 2.52 bits per heavy atom. The quantitative estimate of drug-likeness (QED) is 0.258. The fourth-order valence-electron chi connectivity index (χ4n) is 2.69. The number of nitrogens with one attached hydrogen (secondary N) is 2. The third-order valence-electron chi connectivity index (χ3n) is 4.12. The topological polar surface area (TPSA) is 127 Å². The minimum absolute atomic E-state index is 0.212. The van der Waals surface area contributed by atoms with E-state index in [-0.39, 0.29) is 5.69 Å². The summed E-state index contributed by atoms with van der Waals surface area (Å²) >= 11 is 7.98. The summed E-state index contributed by atoms with van der Waals surface area (Å²) in [7, 11) is 1.49. The lowest BCUT2D eigenvalue weighted by Crippen LogP contribution is -2.25. The molecule has 0 aliphatic rings. The lowest BCUT2D eigenvalue weighted by molar-refractivity contribution is -0.386. The molecule has 2 N–H and O–H groups in total. The Morgan fingerprint density at radius 2 is 1.87 bits per heavy atom. The first kappa shape index (κ1) is 22.6. The van der Waals surface area contributed by atoms with Crippen LogP contribution in [0.15, 0.2) is 46.0 Å². The molecule has 0 spiro atoms. The van der Waals surface area contributed by atoms with Crippen LogP contribution in [0.1, 0.15) is 16.8 Å². The van der Waals surface area contributed by atoms with Crippen molar-refractivity contribution in [1.29, 1.82) is 0 Å². The van der Waals surface area contributed by atoms with E-state index in [0.717, 1.165) is 9.13 Å². The standard InChI is InChI=1S/C20H15ClIN3O6/c1-30-16-9-12(4-7-15-17(25(28)29)19(26)24-20(27)23-15)8-14(22)18(16)31-10-11-2-5-13(21)6-3-11/h2-9H,10H2,1H3,(H2,23,24,26,27)/b7-4-. The maximum absolute atomic E-state index is 11.7. The predicted octanol–water partition coefficient (Wildman–Crippen LogP) is 3.99. The molecule has 11 heteroatoms. The van der Waals surface area contributed by atoms with Gasteiger partial charge in [0.25, 0.3) is 0 Å². The van der Waals surface area contributed by atoms with Crippen LogP contribution in [0.5, 0.6) is 11.5 Å². The fourth-order valence-corrected chi connectivity index (χ4v) is 3.60. The molecule has 31 heavy (non-hydrogen) atoms. The minimum atomic E-state index is -1.08. The molecule has 160 valence electrons. The first-order valence-electron chi connectivity index (χ1n) is 8.72. The van der Waals surface area contributed by atoms with Gasteiger partial charge in [-0.15, -0.1) is 0 Å². The van der Waals surface area contributed by atoms with E-state index in [9.17, 15) is 19.7 Å². The van der Waals surface area contributed by atoms with Crippen molar-refractivity contribution in [2.45, 2.75) is 6.61 Å². The molecule has 0 radical (unpaired) electrons. The highest BCUT2D eigenvalue weighted by Crippen LogP contribution is 2.35. The van der Waals surface area contributed by atoms with Gasteiger partial charge in [-0.25, -0.2) is 4.79 Å². The summed E-state index contributed by atoms with van der Waals surface area (Å²) in [6.45, 7) is 0.305. The average Bonchev–Trinajstić information content (AvgIpc) is 2.71. The molecule has 0 aliphatic heterocycles. The molecular formula is C20H15ClIN3O6. The number of H-pyrrole nitrogens is 2.